The Bertz CT molecular complexity index is 597. The van der Waals surface area contributed by atoms with E-state index in [4.69, 9.17) is 0 Å². The van der Waals surface area contributed by atoms with Crippen LogP contribution in [0, 0.1) is 6.92 Å². The van der Waals surface area contributed by atoms with Gasteiger partial charge in [0, 0.05) is 31.9 Å². The fourth-order valence-corrected chi connectivity index (χ4v) is 2.28. The predicted octanol–water partition coefficient (Wildman–Crippen LogP) is 2.77. The van der Waals surface area contributed by atoms with Gasteiger partial charge >= 0.3 is 5.97 Å². The lowest BCUT2D eigenvalue weighted by Gasteiger charge is -2.23. The number of aryl methyl sites for hydroxylation is 1. The molecule has 0 unspecified atom stereocenters. The Morgan fingerprint density at radius 3 is 2.70 bits per heavy atom. The third-order valence-electron chi connectivity index (χ3n) is 3.28. The molecule has 4 heteroatoms. The average Bonchev–Trinajstić information content (AvgIpc) is 2.45. The number of para-hydroxylation sites is 1. The first-order valence-electron chi connectivity index (χ1n) is 6.53. The summed E-state index contributed by atoms with van der Waals surface area (Å²) in [6.45, 7) is 2.65. The number of nitrogens with zero attached hydrogens (tertiary/aromatic N) is 2. The van der Waals surface area contributed by atoms with E-state index in [1.54, 1.807) is 18.3 Å². The first kappa shape index (κ1) is 14.1. The van der Waals surface area contributed by atoms with Gasteiger partial charge in [-0.15, -0.1) is 0 Å². The zero-order valence-electron chi connectivity index (χ0n) is 11.7. The molecule has 0 fully saturated rings. The summed E-state index contributed by atoms with van der Waals surface area (Å²) >= 11 is 0. The lowest BCUT2D eigenvalue weighted by atomic mass is 10.1. The number of carboxylic acids is 1. The zero-order chi connectivity index (χ0) is 14.5. The SMILES string of the molecule is Cc1cccc(C(=O)O)c1N(C)CCc1ccccn1. The van der Waals surface area contributed by atoms with Gasteiger partial charge in [0.2, 0.25) is 0 Å². The standard InChI is InChI=1S/C16H18N2O2/c1-12-6-5-8-14(16(19)20)15(12)18(2)11-9-13-7-3-4-10-17-13/h3-8,10H,9,11H2,1-2H3,(H,19,20). The van der Waals surface area contributed by atoms with Crippen LogP contribution in [0.25, 0.3) is 0 Å². The van der Waals surface area contributed by atoms with Gasteiger partial charge in [0.25, 0.3) is 0 Å². The van der Waals surface area contributed by atoms with Crippen LogP contribution in [-0.4, -0.2) is 29.7 Å². The second-order valence-corrected chi connectivity index (χ2v) is 4.77. The van der Waals surface area contributed by atoms with E-state index in [0.717, 1.165) is 29.9 Å². The first-order valence-corrected chi connectivity index (χ1v) is 6.53. The molecule has 0 aliphatic rings. The Morgan fingerprint density at radius 2 is 2.05 bits per heavy atom. The smallest absolute Gasteiger partial charge is 0.337 e. The Morgan fingerprint density at radius 1 is 1.25 bits per heavy atom. The van der Waals surface area contributed by atoms with Gasteiger partial charge in [0.15, 0.2) is 0 Å². The van der Waals surface area contributed by atoms with E-state index < -0.39 is 5.97 Å². The van der Waals surface area contributed by atoms with Gasteiger partial charge < -0.3 is 10.0 Å². The van der Waals surface area contributed by atoms with Crippen LogP contribution in [0.3, 0.4) is 0 Å². The first-order chi connectivity index (χ1) is 9.59. The number of hydrogen-bond donors (Lipinski definition) is 1. The third kappa shape index (κ3) is 3.15. The van der Waals surface area contributed by atoms with Crippen LogP contribution >= 0.6 is 0 Å². The van der Waals surface area contributed by atoms with Crippen molar-refractivity contribution in [3.8, 4) is 0 Å². The van der Waals surface area contributed by atoms with Gasteiger partial charge in [-0.2, -0.15) is 0 Å². The molecule has 0 atom stereocenters. The molecule has 0 amide bonds. The molecule has 0 bridgehead atoms. The largest absolute Gasteiger partial charge is 0.478 e. The van der Waals surface area contributed by atoms with Crippen molar-refractivity contribution in [3.63, 3.8) is 0 Å². The Balaban J connectivity index is 2.17. The highest BCUT2D eigenvalue weighted by molar-refractivity contribution is 5.95. The molecule has 104 valence electrons. The minimum atomic E-state index is -0.895. The number of benzene rings is 1. The van der Waals surface area contributed by atoms with Crippen LogP contribution in [0.15, 0.2) is 42.6 Å². The van der Waals surface area contributed by atoms with Crippen LogP contribution in [0.1, 0.15) is 21.6 Å². The molecule has 0 saturated heterocycles. The van der Waals surface area contributed by atoms with Crippen molar-refractivity contribution in [1.82, 2.24) is 4.98 Å². The van der Waals surface area contributed by atoms with Crippen molar-refractivity contribution in [1.29, 1.82) is 0 Å². The number of aromatic carboxylic acids is 1. The molecule has 1 N–H and O–H groups in total. The molecule has 0 saturated carbocycles. The monoisotopic (exact) mass is 270 g/mol. The predicted molar refractivity (Wildman–Crippen MR) is 79.3 cm³/mol. The van der Waals surface area contributed by atoms with Crippen LogP contribution in [-0.2, 0) is 6.42 Å². The van der Waals surface area contributed by atoms with E-state index in [2.05, 4.69) is 4.98 Å². The molecule has 2 rings (SSSR count). The number of anilines is 1. The fraction of sp³-hybridized carbons (Fsp3) is 0.250. The summed E-state index contributed by atoms with van der Waals surface area (Å²) in [5, 5.41) is 9.29. The summed E-state index contributed by atoms with van der Waals surface area (Å²) in [7, 11) is 1.91. The van der Waals surface area contributed by atoms with Gasteiger partial charge in [0.1, 0.15) is 0 Å². The number of carbonyl (C=O) groups is 1. The molecule has 1 aromatic heterocycles. The Labute approximate surface area is 118 Å². The molecule has 0 spiro atoms. The number of likely N-dealkylation sites (N-methyl/N-ethyl adjacent to an activating group) is 1. The zero-order valence-corrected chi connectivity index (χ0v) is 11.7. The average molecular weight is 270 g/mol. The normalized spacial score (nSPS) is 10.3. The Hall–Kier alpha value is -2.36. The third-order valence-corrected chi connectivity index (χ3v) is 3.28. The number of pyridine rings is 1. The lowest BCUT2D eigenvalue weighted by Crippen LogP contribution is -2.24. The minimum Gasteiger partial charge on any atom is -0.478 e. The minimum absolute atomic E-state index is 0.341. The highest BCUT2D eigenvalue weighted by Gasteiger charge is 2.15. The summed E-state index contributed by atoms with van der Waals surface area (Å²) < 4.78 is 0. The summed E-state index contributed by atoms with van der Waals surface area (Å²) in [5.74, 6) is -0.895. The maximum atomic E-state index is 11.3. The van der Waals surface area contributed by atoms with Crippen molar-refractivity contribution >= 4 is 11.7 Å². The lowest BCUT2D eigenvalue weighted by molar-refractivity contribution is 0.0697. The highest BCUT2D eigenvalue weighted by Crippen LogP contribution is 2.24. The molecule has 2 aromatic rings. The summed E-state index contributed by atoms with van der Waals surface area (Å²) in [4.78, 5) is 17.6. The Kier molecular flexibility index (Phi) is 4.35. The molecule has 0 aliphatic heterocycles. The van der Waals surface area contributed by atoms with Gasteiger partial charge in [-0.05, 0) is 30.7 Å². The second kappa shape index (κ2) is 6.19. The molecular weight excluding hydrogens is 252 g/mol. The molecular formula is C16H18N2O2. The van der Waals surface area contributed by atoms with Gasteiger partial charge in [-0.25, -0.2) is 4.79 Å². The van der Waals surface area contributed by atoms with Crippen molar-refractivity contribution in [2.45, 2.75) is 13.3 Å². The van der Waals surface area contributed by atoms with E-state index in [0.29, 0.717) is 5.56 Å². The molecule has 0 radical (unpaired) electrons. The fourth-order valence-electron chi connectivity index (χ4n) is 2.28. The number of aromatic nitrogens is 1. The van der Waals surface area contributed by atoms with Crippen LogP contribution in [0.2, 0.25) is 0 Å². The van der Waals surface area contributed by atoms with Gasteiger partial charge in [0.05, 0.1) is 11.3 Å². The van der Waals surface area contributed by atoms with Crippen molar-refractivity contribution in [2.75, 3.05) is 18.5 Å². The summed E-state index contributed by atoms with van der Waals surface area (Å²) in [6.07, 6.45) is 2.55. The molecule has 1 aromatic carbocycles. The highest BCUT2D eigenvalue weighted by atomic mass is 16.4. The van der Waals surface area contributed by atoms with E-state index >= 15 is 0 Å². The molecule has 20 heavy (non-hydrogen) atoms. The van der Waals surface area contributed by atoms with E-state index in [1.807, 2.05) is 43.1 Å². The summed E-state index contributed by atoms with van der Waals surface area (Å²) in [6, 6.07) is 11.2. The van der Waals surface area contributed by atoms with Crippen molar-refractivity contribution in [2.24, 2.45) is 0 Å². The second-order valence-electron chi connectivity index (χ2n) is 4.77. The van der Waals surface area contributed by atoms with Crippen LogP contribution in [0.4, 0.5) is 5.69 Å². The maximum absolute atomic E-state index is 11.3. The van der Waals surface area contributed by atoms with Gasteiger partial charge in [-0.1, -0.05) is 18.2 Å². The van der Waals surface area contributed by atoms with Crippen LogP contribution in [0.5, 0.6) is 0 Å². The summed E-state index contributed by atoms with van der Waals surface area (Å²) in [5.41, 5.74) is 3.09. The van der Waals surface area contributed by atoms with Gasteiger partial charge in [-0.3, -0.25) is 4.98 Å². The van der Waals surface area contributed by atoms with E-state index in [1.165, 1.54) is 0 Å². The molecule has 0 aliphatic carbocycles. The molecule has 1 heterocycles. The van der Waals surface area contributed by atoms with E-state index in [-0.39, 0.29) is 0 Å². The van der Waals surface area contributed by atoms with E-state index in [9.17, 15) is 9.90 Å². The number of rotatable bonds is 5. The quantitative estimate of drug-likeness (QED) is 0.907. The number of hydrogen-bond acceptors (Lipinski definition) is 3. The van der Waals surface area contributed by atoms with Crippen molar-refractivity contribution < 1.29 is 9.90 Å². The number of carboxylic acid groups (broad SMARTS) is 1. The molecule has 4 nitrogen and oxygen atoms in total. The van der Waals surface area contributed by atoms with Crippen LogP contribution < -0.4 is 4.90 Å². The van der Waals surface area contributed by atoms with Crippen molar-refractivity contribution in [3.05, 3.63) is 59.4 Å². The maximum Gasteiger partial charge on any atom is 0.337 e. The topological polar surface area (TPSA) is 53.4 Å².